The van der Waals surface area contributed by atoms with E-state index in [2.05, 4.69) is 15.3 Å². The molecule has 0 aliphatic heterocycles. The van der Waals surface area contributed by atoms with Crippen LogP contribution < -0.4 is 5.32 Å². The van der Waals surface area contributed by atoms with Gasteiger partial charge in [-0.25, -0.2) is 9.97 Å². The summed E-state index contributed by atoms with van der Waals surface area (Å²) < 4.78 is 5.44. The molecule has 1 N–H and O–H groups in total. The third kappa shape index (κ3) is 2.72. The second-order valence-corrected chi connectivity index (χ2v) is 5.91. The van der Waals surface area contributed by atoms with Crippen molar-refractivity contribution in [3.8, 4) is 11.6 Å². The van der Waals surface area contributed by atoms with E-state index in [1.54, 1.807) is 6.26 Å². The van der Waals surface area contributed by atoms with E-state index in [1.165, 1.54) is 0 Å². The highest BCUT2D eigenvalue weighted by Crippen LogP contribution is 2.29. The lowest BCUT2D eigenvalue weighted by atomic mass is 10.2. The minimum Gasteiger partial charge on any atom is -0.461 e. The Morgan fingerprint density at radius 3 is 2.71 bits per heavy atom. The first-order valence-electron chi connectivity index (χ1n) is 7.54. The van der Waals surface area contributed by atoms with Crippen molar-refractivity contribution in [3.63, 3.8) is 0 Å². The monoisotopic (exact) mass is 335 g/mol. The predicted octanol–water partition coefficient (Wildman–Crippen LogP) is 5.60. The summed E-state index contributed by atoms with van der Waals surface area (Å²) in [4.78, 5) is 9.24. The van der Waals surface area contributed by atoms with Crippen LogP contribution in [0, 0.1) is 6.92 Å². The number of anilines is 2. The van der Waals surface area contributed by atoms with Crippen LogP contribution in [0.25, 0.3) is 22.5 Å². The van der Waals surface area contributed by atoms with E-state index in [0.717, 1.165) is 28.0 Å². The lowest BCUT2D eigenvalue weighted by molar-refractivity contribution is 0.577. The standard InChI is InChI=1S/C19H14ClN3O/c1-12-8-9-13(20)11-16(12)22-18-14-5-2-3-6-15(14)21-19(23-18)17-7-4-10-24-17/h2-11H,1H3,(H,21,22,23). The molecule has 0 aliphatic rings. The average molecular weight is 336 g/mol. The lowest BCUT2D eigenvalue weighted by Crippen LogP contribution is -2.00. The van der Waals surface area contributed by atoms with Gasteiger partial charge in [0.15, 0.2) is 11.6 Å². The van der Waals surface area contributed by atoms with Crippen molar-refractivity contribution in [3.05, 3.63) is 71.4 Å². The van der Waals surface area contributed by atoms with Crippen LogP contribution in [-0.2, 0) is 0 Å². The van der Waals surface area contributed by atoms with Gasteiger partial charge in [-0.15, -0.1) is 0 Å². The maximum absolute atomic E-state index is 6.13. The highest BCUT2D eigenvalue weighted by Gasteiger charge is 2.12. The molecule has 4 nitrogen and oxygen atoms in total. The minimum atomic E-state index is 0.542. The van der Waals surface area contributed by atoms with Gasteiger partial charge in [-0.1, -0.05) is 29.8 Å². The average Bonchev–Trinajstić information content (AvgIpc) is 3.13. The van der Waals surface area contributed by atoms with Gasteiger partial charge in [0.25, 0.3) is 0 Å². The summed E-state index contributed by atoms with van der Waals surface area (Å²) in [6.45, 7) is 2.02. The lowest BCUT2D eigenvalue weighted by Gasteiger charge is -2.12. The van der Waals surface area contributed by atoms with Crippen LogP contribution in [0.2, 0.25) is 5.02 Å². The molecule has 24 heavy (non-hydrogen) atoms. The van der Waals surface area contributed by atoms with Gasteiger partial charge in [0.05, 0.1) is 11.8 Å². The first kappa shape index (κ1) is 14.7. The molecule has 0 saturated carbocycles. The maximum atomic E-state index is 6.13. The molecular weight excluding hydrogens is 322 g/mol. The Bertz CT molecular complexity index is 1010. The highest BCUT2D eigenvalue weighted by atomic mass is 35.5. The zero-order valence-electron chi connectivity index (χ0n) is 13.0. The van der Waals surface area contributed by atoms with Crippen molar-refractivity contribution in [2.45, 2.75) is 6.92 Å². The number of halogens is 1. The highest BCUT2D eigenvalue weighted by molar-refractivity contribution is 6.30. The molecule has 0 spiro atoms. The number of hydrogen-bond donors (Lipinski definition) is 1. The topological polar surface area (TPSA) is 51.0 Å². The summed E-state index contributed by atoms with van der Waals surface area (Å²) in [5.41, 5.74) is 2.85. The second-order valence-electron chi connectivity index (χ2n) is 5.47. The molecule has 0 aliphatic carbocycles. The zero-order chi connectivity index (χ0) is 16.5. The fourth-order valence-electron chi connectivity index (χ4n) is 2.54. The SMILES string of the molecule is Cc1ccc(Cl)cc1Nc1nc(-c2ccco2)nc2ccccc12. The van der Waals surface area contributed by atoms with Gasteiger partial charge < -0.3 is 9.73 Å². The molecule has 0 saturated heterocycles. The summed E-state index contributed by atoms with van der Waals surface area (Å²) >= 11 is 6.13. The predicted molar refractivity (Wildman–Crippen MR) is 96.7 cm³/mol. The maximum Gasteiger partial charge on any atom is 0.198 e. The molecule has 0 unspecified atom stereocenters. The number of hydrogen-bond acceptors (Lipinski definition) is 4. The van der Waals surface area contributed by atoms with Crippen molar-refractivity contribution >= 4 is 34.0 Å². The van der Waals surface area contributed by atoms with Crippen molar-refractivity contribution in [2.75, 3.05) is 5.32 Å². The van der Waals surface area contributed by atoms with Gasteiger partial charge in [0.2, 0.25) is 0 Å². The Labute approximate surface area is 144 Å². The van der Waals surface area contributed by atoms with Gasteiger partial charge in [-0.2, -0.15) is 0 Å². The molecule has 0 radical (unpaired) electrons. The Morgan fingerprint density at radius 2 is 1.88 bits per heavy atom. The van der Waals surface area contributed by atoms with Crippen LogP contribution in [0.15, 0.2) is 65.3 Å². The fourth-order valence-corrected chi connectivity index (χ4v) is 2.72. The number of fused-ring (bicyclic) bond motifs is 1. The third-order valence-electron chi connectivity index (χ3n) is 3.80. The number of furan rings is 1. The quantitative estimate of drug-likeness (QED) is 0.529. The molecule has 0 bridgehead atoms. The molecule has 2 heterocycles. The first-order valence-corrected chi connectivity index (χ1v) is 7.92. The van der Waals surface area contributed by atoms with Gasteiger partial charge in [0, 0.05) is 16.1 Å². The summed E-state index contributed by atoms with van der Waals surface area (Å²) in [5.74, 6) is 1.89. The van der Waals surface area contributed by atoms with E-state index < -0.39 is 0 Å². The molecule has 2 aromatic heterocycles. The van der Waals surface area contributed by atoms with E-state index in [1.807, 2.05) is 61.5 Å². The van der Waals surface area contributed by atoms with Crippen LogP contribution in [0.5, 0.6) is 0 Å². The molecule has 118 valence electrons. The van der Waals surface area contributed by atoms with Crippen LogP contribution in [-0.4, -0.2) is 9.97 Å². The van der Waals surface area contributed by atoms with E-state index in [-0.39, 0.29) is 0 Å². The molecule has 0 atom stereocenters. The number of nitrogens with zero attached hydrogens (tertiary/aromatic N) is 2. The van der Waals surface area contributed by atoms with Crippen LogP contribution in [0.1, 0.15) is 5.56 Å². The molecule has 0 fully saturated rings. The number of benzene rings is 2. The fraction of sp³-hybridized carbons (Fsp3) is 0.0526. The minimum absolute atomic E-state index is 0.542. The van der Waals surface area contributed by atoms with Crippen molar-refractivity contribution < 1.29 is 4.42 Å². The summed E-state index contributed by atoms with van der Waals surface area (Å²) in [7, 11) is 0. The molecule has 4 rings (SSSR count). The van der Waals surface area contributed by atoms with Crippen LogP contribution in [0.3, 0.4) is 0 Å². The Morgan fingerprint density at radius 1 is 1.00 bits per heavy atom. The van der Waals surface area contributed by atoms with Crippen molar-refractivity contribution in [2.24, 2.45) is 0 Å². The number of nitrogens with one attached hydrogen (secondary N) is 1. The zero-order valence-corrected chi connectivity index (χ0v) is 13.7. The number of aromatic nitrogens is 2. The van der Waals surface area contributed by atoms with Gasteiger partial charge in [-0.05, 0) is 48.9 Å². The Kier molecular flexibility index (Phi) is 3.67. The summed E-state index contributed by atoms with van der Waals surface area (Å²) in [5, 5.41) is 4.99. The van der Waals surface area contributed by atoms with Crippen LogP contribution >= 0.6 is 11.6 Å². The normalized spacial score (nSPS) is 10.9. The van der Waals surface area contributed by atoms with E-state index in [9.17, 15) is 0 Å². The van der Waals surface area contributed by atoms with E-state index in [0.29, 0.717) is 16.6 Å². The van der Waals surface area contributed by atoms with Gasteiger partial charge in [0.1, 0.15) is 5.82 Å². The second kappa shape index (κ2) is 5.98. The van der Waals surface area contributed by atoms with Gasteiger partial charge in [-0.3, -0.25) is 0 Å². The third-order valence-corrected chi connectivity index (χ3v) is 4.03. The number of aryl methyl sites for hydroxylation is 1. The molecule has 0 amide bonds. The Balaban J connectivity index is 1.88. The number of rotatable bonds is 3. The van der Waals surface area contributed by atoms with E-state index >= 15 is 0 Å². The first-order chi connectivity index (χ1) is 11.7. The summed E-state index contributed by atoms with van der Waals surface area (Å²) in [6, 6.07) is 17.3. The molecular formula is C19H14ClN3O. The molecule has 2 aromatic carbocycles. The molecule has 5 heteroatoms. The largest absolute Gasteiger partial charge is 0.461 e. The smallest absolute Gasteiger partial charge is 0.198 e. The van der Waals surface area contributed by atoms with Crippen molar-refractivity contribution in [1.29, 1.82) is 0 Å². The molecule has 4 aromatic rings. The van der Waals surface area contributed by atoms with E-state index in [4.69, 9.17) is 16.0 Å². The van der Waals surface area contributed by atoms with Crippen molar-refractivity contribution in [1.82, 2.24) is 9.97 Å². The Hall–Kier alpha value is -2.85. The summed E-state index contributed by atoms with van der Waals surface area (Å²) in [6.07, 6.45) is 1.61. The van der Waals surface area contributed by atoms with Crippen LogP contribution in [0.4, 0.5) is 11.5 Å². The number of para-hydroxylation sites is 1. The van der Waals surface area contributed by atoms with Gasteiger partial charge >= 0.3 is 0 Å².